The van der Waals surface area contributed by atoms with Crippen LogP contribution in [0.25, 0.3) is 4.96 Å². The molecule has 0 bridgehead atoms. The van der Waals surface area contributed by atoms with E-state index in [4.69, 9.17) is 0 Å². The highest BCUT2D eigenvalue weighted by atomic mass is 32.2. The molecule has 0 saturated carbocycles. The maximum atomic E-state index is 4.69. The van der Waals surface area contributed by atoms with Crippen LogP contribution in [-0.2, 0) is 6.54 Å². The number of H-pyrrole nitrogens is 1. The highest BCUT2D eigenvalue weighted by molar-refractivity contribution is 7.99. The molecule has 2 N–H and O–H groups in total. The van der Waals surface area contributed by atoms with E-state index < -0.39 is 0 Å². The third-order valence-electron chi connectivity index (χ3n) is 2.93. The number of nitrogens with one attached hydrogen (secondary N) is 2. The second kappa shape index (κ2) is 6.17. The van der Waals surface area contributed by atoms with E-state index in [1.807, 2.05) is 6.92 Å². The molecule has 0 aliphatic carbocycles. The van der Waals surface area contributed by atoms with Gasteiger partial charge in [-0.1, -0.05) is 13.8 Å². The van der Waals surface area contributed by atoms with Crippen LogP contribution in [-0.4, -0.2) is 31.1 Å². The minimum Gasteiger partial charge on any atom is -0.311 e. The van der Waals surface area contributed by atoms with E-state index in [-0.39, 0.29) is 0 Å². The summed E-state index contributed by atoms with van der Waals surface area (Å²) in [5.74, 6) is 1.45. The zero-order chi connectivity index (χ0) is 14.8. The molecular weight excluding hydrogens is 304 g/mol. The van der Waals surface area contributed by atoms with E-state index in [0.29, 0.717) is 11.1 Å². The minimum absolute atomic E-state index is 0.627. The number of fused-ring (bicyclic) bond motifs is 1. The molecular formula is C13H18N6S2. The molecule has 0 radical (unpaired) electrons. The molecule has 3 aromatic heterocycles. The van der Waals surface area contributed by atoms with Crippen molar-refractivity contribution in [2.75, 3.05) is 6.54 Å². The van der Waals surface area contributed by atoms with Crippen LogP contribution in [0.5, 0.6) is 0 Å². The van der Waals surface area contributed by atoms with E-state index in [1.165, 1.54) is 17.5 Å². The van der Waals surface area contributed by atoms with Gasteiger partial charge >= 0.3 is 0 Å². The maximum absolute atomic E-state index is 4.69. The van der Waals surface area contributed by atoms with Gasteiger partial charge in [-0.2, -0.15) is 0 Å². The van der Waals surface area contributed by atoms with E-state index >= 15 is 0 Å². The number of hydrogen-bond acceptors (Lipinski definition) is 6. The maximum Gasteiger partial charge on any atom is 0.214 e. The summed E-state index contributed by atoms with van der Waals surface area (Å²) in [6.45, 7) is 8.09. The Kier molecular flexibility index (Phi) is 4.27. The highest BCUT2D eigenvalue weighted by Crippen LogP contribution is 2.29. The van der Waals surface area contributed by atoms with Crippen molar-refractivity contribution in [2.24, 2.45) is 5.92 Å². The molecule has 0 aliphatic heterocycles. The Morgan fingerprint density at radius 1 is 1.43 bits per heavy atom. The second-order valence-electron chi connectivity index (χ2n) is 5.25. The molecule has 8 heteroatoms. The Hall–Kier alpha value is -1.38. The lowest BCUT2D eigenvalue weighted by molar-refractivity contribution is 0.544. The van der Waals surface area contributed by atoms with Gasteiger partial charge in [-0.25, -0.2) is 9.97 Å². The lowest BCUT2D eigenvalue weighted by Crippen LogP contribution is -2.20. The number of aryl methyl sites for hydroxylation is 1. The monoisotopic (exact) mass is 322 g/mol. The fraction of sp³-hybridized carbons (Fsp3) is 0.462. The van der Waals surface area contributed by atoms with Crippen LogP contribution in [0.4, 0.5) is 0 Å². The summed E-state index contributed by atoms with van der Waals surface area (Å²) < 4.78 is 2.14. The summed E-state index contributed by atoms with van der Waals surface area (Å²) in [5, 5.41) is 14.3. The van der Waals surface area contributed by atoms with Crippen molar-refractivity contribution in [3.05, 3.63) is 23.1 Å². The highest BCUT2D eigenvalue weighted by Gasteiger charge is 2.16. The van der Waals surface area contributed by atoms with Gasteiger partial charge in [0, 0.05) is 18.1 Å². The van der Waals surface area contributed by atoms with Crippen molar-refractivity contribution < 1.29 is 0 Å². The molecule has 0 atom stereocenters. The predicted molar refractivity (Wildman–Crippen MR) is 84.9 cm³/mol. The SMILES string of the molecule is Cc1nc(Sc2nc3sccn3c2CNCC(C)C)n[nH]1. The Bertz CT molecular complexity index is 726. The number of aromatic nitrogens is 5. The van der Waals surface area contributed by atoms with E-state index in [2.05, 4.69) is 55.3 Å². The first-order chi connectivity index (χ1) is 10.1. The van der Waals surface area contributed by atoms with Crippen molar-refractivity contribution in [3.63, 3.8) is 0 Å². The first-order valence-electron chi connectivity index (χ1n) is 6.85. The molecule has 112 valence electrons. The molecule has 0 aliphatic rings. The van der Waals surface area contributed by atoms with Gasteiger partial charge in [0.2, 0.25) is 5.16 Å². The molecule has 3 rings (SSSR count). The van der Waals surface area contributed by atoms with Gasteiger partial charge in [-0.05, 0) is 31.1 Å². The van der Waals surface area contributed by atoms with Crippen molar-refractivity contribution in [3.8, 4) is 0 Å². The van der Waals surface area contributed by atoms with E-state index in [9.17, 15) is 0 Å². The van der Waals surface area contributed by atoms with Crippen LogP contribution in [0.2, 0.25) is 0 Å². The van der Waals surface area contributed by atoms with Crippen LogP contribution in [0.15, 0.2) is 21.8 Å². The normalized spacial score (nSPS) is 11.8. The average molecular weight is 322 g/mol. The Balaban J connectivity index is 1.84. The Morgan fingerprint density at radius 2 is 2.29 bits per heavy atom. The van der Waals surface area contributed by atoms with Gasteiger partial charge in [-0.3, -0.25) is 9.50 Å². The van der Waals surface area contributed by atoms with Crippen molar-refractivity contribution >= 4 is 28.1 Å². The van der Waals surface area contributed by atoms with Gasteiger partial charge in [0.25, 0.3) is 0 Å². The summed E-state index contributed by atoms with van der Waals surface area (Å²) in [4.78, 5) is 10.0. The first-order valence-corrected chi connectivity index (χ1v) is 8.55. The van der Waals surface area contributed by atoms with Gasteiger partial charge in [0.1, 0.15) is 10.9 Å². The van der Waals surface area contributed by atoms with Gasteiger partial charge < -0.3 is 5.32 Å². The summed E-state index contributed by atoms with van der Waals surface area (Å²) in [6, 6.07) is 0. The molecule has 6 nitrogen and oxygen atoms in total. The summed E-state index contributed by atoms with van der Waals surface area (Å²) >= 11 is 3.15. The van der Waals surface area contributed by atoms with Crippen LogP contribution in [0.1, 0.15) is 25.4 Å². The molecule has 0 amide bonds. The fourth-order valence-corrected chi connectivity index (χ4v) is 3.65. The molecule has 3 heterocycles. The molecule has 0 unspecified atom stereocenters. The lowest BCUT2D eigenvalue weighted by atomic mass is 10.2. The number of rotatable bonds is 6. The van der Waals surface area contributed by atoms with Crippen LogP contribution < -0.4 is 5.32 Å². The van der Waals surface area contributed by atoms with E-state index in [0.717, 1.165) is 28.9 Å². The number of thiazole rings is 1. The smallest absolute Gasteiger partial charge is 0.214 e. The van der Waals surface area contributed by atoms with Gasteiger partial charge in [-0.15, -0.1) is 16.4 Å². The Labute approximate surface area is 131 Å². The molecule has 3 aromatic rings. The zero-order valence-corrected chi connectivity index (χ0v) is 13.9. The van der Waals surface area contributed by atoms with Gasteiger partial charge in [0.15, 0.2) is 4.96 Å². The lowest BCUT2D eigenvalue weighted by Gasteiger charge is -2.07. The quantitative estimate of drug-likeness (QED) is 0.730. The fourth-order valence-electron chi connectivity index (χ4n) is 1.99. The third-order valence-corrected chi connectivity index (χ3v) is 4.58. The van der Waals surface area contributed by atoms with Crippen molar-refractivity contribution in [1.29, 1.82) is 0 Å². The summed E-state index contributed by atoms with van der Waals surface area (Å²) in [6.07, 6.45) is 2.06. The molecule has 0 fully saturated rings. The number of aromatic amines is 1. The second-order valence-corrected chi connectivity index (χ2v) is 7.08. The zero-order valence-electron chi connectivity index (χ0n) is 12.3. The number of imidazole rings is 1. The van der Waals surface area contributed by atoms with Crippen LogP contribution in [0, 0.1) is 12.8 Å². The molecule has 0 aromatic carbocycles. The van der Waals surface area contributed by atoms with Gasteiger partial charge in [0.05, 0.1) is 5.69 Å². The standard InChI is InChI=1S/C13H18N6S2/c1-8(2)6-14-7-10-11(16-13-19(10)4-5-20-13)21-12-15-9(3)17-18-12/h4-5,8,14H,6-7H2,1-3H3,(H,15,17,18). The number of hydrogen-bond donors (Lipinski definition) is 2. The van der Waals surface area contributed by atoms with Crippen molar-refractivity contribution in [2.45, 2.75) is 37.5 Å². The third kappa shape index (κ3) is 3.28. The van der Waals surface area contributed by atoms with E-state index in [1.54, 1.807) is 11.3 Å². The summed E-state index contributed by atoms with van der Waals surface area (Å²) in [5.41, 5.74) is 1.17. The largest absolute Gasteiger partial charge is 0.311 e. The molecule has 0 spiro atoms. The van der Waals surface area contributed by atoms with Crippen molar-refractivity contribution in [1.82, 2.24) is 29.9 Å². The molecule has 0 saturated heterocycles. The average Bonchev–Trinajstić information content (AvgIpc) is 3.09. The first kappa shape index (κ1) is 14.6. The van der Waals surface area contributed by atoms with Crippen LogP contribution in [0.3, 0.4) is 0 Å². The Morgan fingerprint density at radius 3 is 3.00 bits per heavy atom. The summed E-state index contributed by atoms with van der Waals surface area (Å²) in [7, 11) is 0. The topological polar surface area (TPSA) is 70.9 Å². The van der Waals surface area contributed by atoms with Crippen LogP contribution >= 0.6 is 23.1 Å². The molecule has 21 heavy (non-hydrogen) atoms. The number of nitrogens with zero attached hydrogens (tertiary/aromatic N) is 4. The minimum atomic E-state index is 0.627. The predicted octanol–water partition coefficient (Wildman–Crippen LogP) is 2.72.